The largest absolute Gasteiger partial charge is 0.423 e. The summed E-state index contributed by atoms with van der Waals surface area (Å²) in [4.78, 5) is 26.9. The molecule has 0 saturated carbocycles. The molecule has 2 heterocycles. The summed E-state index contributed by atoms with van der Waals surface area (Å²) in [5.41, 5.74) is 3.68. The first-order chi connectivity index (χ1) is 16.4. The number of esters is 1. The second kappa shape index (κ2) is 8.91. The molecule has 6 heteroatoms. The maximum Gasteiger partial charge on any atom is 0.343 e. The van der Waals surface area contributed by atoms with Gasteiger partial charge in [0.25, 0.3) is 5.91 Å². The molecule has 0 spiro atoms. The molecule has 2 atom stereocenters. The number of hydrogen-bond acceptors (Lipinski definition) is 5. The van der Waals surface area contributed by atoms with Crippen LogP contribution in [-0.4, -0.2) is 11.9 Å². The monoisotopic (exact) mass is 474 g/mol. The van der Waals surface area contributed by atoms with Crippen molar-refractivity contribution in [2.75, 3.05) is 5.32 Å². The second-order valence-corrected chi connectivity index (χ2v) is 11.0. The number of hydrogen-bond donors (Lipinski definition) is 2. The summed E-state index contributed by atoms with van der Waals surface area (Å²) >= 11 is 1.73. The molecule has 3 aromatic rings. The molecule has 0 fully saturated rings. The van der Waals surface area contributed by atoms with Crippen molar-refractivity contribution in [3.8, 4) is 5.75 Å². The Labute approximate surface area is 204 Å². The molecule has 176 valence electrons. The molecule has 5 rings (SSSR count). The van der Waals surface area contributed by atoms with Crippen molar-refractivity contribution in [3.63, 3.8) is 0 Å². The molecular weight excluding hydrogens is 444 g/mol. The number of ether oxygens (including phenoxy) is 1. The van der Waals surface area contributed by atoms with Gasteiger partial charge in [-0.25, -0.2) is 4.79 Å². The van der Waals surface area contributed by atoms with Gasteiger partial charge in [-0.1, -0.05) is 57.5 Å². The van der Waals surface area contributed by atoms with Crippen LogP contribution >= 0.6 is 11.3 Å². The van der Waals surface area contributed by atoms with Crippen LogP contribution in [-0.2, 0) is 12.8 Å². The van der Waals surface area contributed by atoms with Crippen LogP contribution in [0.25, 0.3) is 0 Å². The van der Waals surface area contributed by atoms with Crippen LogP contribution in [0.2, 0.25) is 0 Å². The van der Waals surface area contributed by atoms with Gasteiger partial charge < -0.3 is 15.4 Å². The van der Waals surface area contributed by atoms with Gasteiger partial charge in [0, 0.05) is 4.88 Å². The van der Waals surface area contributed by atoms with Crippen molar-refractivity contribution in [1.29, 1.82) is 0 Å². The van der Waals surface area contributed by atoms with E-state index in [0.717, 1.165) is 41.8 Å². The van der Waals surface area contributed by atoms with E-state index < -0.39 is 5.97 Å². The van der Waals surface area contributed by atoms with Crippen LogP contribution < -0.4 is 15.4 Å². The highest BCUT2D eigenvalue weighted by molar-refractivity contribution is 7.16. The average molecular weight is 475 g/mol. The van der Waals surface area contributed by atoms with Crippen molar-refractivity contribution < 1.29 is 14.3 Å². The SMILES string of the molecule is CCC(C)(C)[C@@H]1CCc2c(sc3c2C(=O)N[C@H](c2cccc(OC(=O)c4ccccc4)c2)N3)C1. The number of nitrogens with one attached hydrogen (secondary N) is 2. The highest BCUT2D eigenvalue weighted by Gasteiger charge is 2.37. The highest BCUT2D eigenvalue weighted by atomic mass is 32.1. The Morgan fingerprint density at radius 2 is 1.91 bits per heavy atom. The fourth-order valence-corrected chi connectivity index (χ4v) is 6.27. The quantitative estimate of drug-likeness (QED) is 0.333. The number of thiophene rings is 1. The van der Waals surface area contributed by atoms with E-state index in [1.807, 2.05) is 18.2 Å². The molecule has 0 bridgehead atoms. The summed E-state index contributed by atoms with van der Waals surface area (Å²) in [5, 5.41) is 7.58. The zero-order valence-corrected chi connectivity index (χ0v) is 20.6. The van der Waals surface area contributed by atoms with Crippen molar-refractivity contribution in [2.24, 2.45) is 11.3 Å². The number of fused-ring (bicyclic) bond motifs is 3. The fourth-order valence-electron chi connectivity index (χ4n) is 4.92. The zero-order valence-electron chi connectivity index (χ0n) is 19.8. The van der Waals surface area contributed by atoms with Gasteiger partial charge in [0.2, 0.25) is 0 Å². The van der Waals surface area contributed by atoms with Gasteiger partial charge in [0.15, 0.2) is 0 Å². The fraction of sp³-hybridized carbons (Fsp3) is 0.357. The average Bonchev–Trinajstić information content (AvgIpc) is 3.23. The second-order valence-electron chi connectivity index (χ2n) is 9.87. The summed E-state index contributed by atoms with van der Waals surface area (Å²) < 4.78 is 5.57. The Bertz CT molecular complexity index is 1230. The third kappa shape index (κ3) is 4.23. The molecule has 5 nitrogen and oxygen atoms in total. The molecule has 2 aromatic carbocycles. The van der Waals surface area contributed by atoms with Gasteiger partial charge in [-0.3, -0.25) is 4.79 Å². The topological polar surface area (TPSA) is 67.4 Å². The highest BCUT2D eigenvalue weighted by Crippen LogP contribution is 2.47. The van der Waals surface area contributed by atoms with Crippen molar-refractivity contribution in [3.05, 3.63) is 81.7 Å². The molecule has 2 aliphatic rings. The van der Waals surface area contributed by atoms with Gasteiger partial charge in [0.05, 0.1) is 11.1 Å². The van der Waals surface area contributed by atoms with E-state index in [-0.39, 0.29) is 12.1 Å². The van der Waals surface area contributed by atoms with Gasteiger partial charge in [0.1, 0.15) is 16.9 Å². The van der Waals surface area contributed by atoms with Crippen LogP contribution in [0.5, 0.6) is 5.75 Å². The summed E-state index contributed by atoms with van der Waals surface area (Å²) in [6.45, 7) is 6.98. The van der Waals surface area contributed by atoms with Crippen molar-refractivity contribution >= 4 is 28.2 Å². The van der Waals surface area contributed by atoms with Gasteiger partial charge in [-0.15, -0.1) is 11.3 Å². The number of carbonyl (C=O) groups excluding carboxylic acids is 2. The first kappa shape index (κ1) is 22.7. The summed E-state index contributed by atoms with van der Waals surface area (Å²) in [6.07, 6.45) is 3.91. The van der Waals surface area contributed by atoms with Crippen LogP contribution in [0, 0.1) is 11.3 Å². The number of benzene rings is 2. The molecule has 1 aliphatic carbocycles. The summed E-state index contributed by atoms with van der Waals surface area (Å²) in [6, 6.07) is 16.2. The standard InChI is InChI=1S/C28H30N2O3S/c1-4-28(2,3)19-13-14-21-22(16-19)34-26-23(21)25(31)29-24(30-26)18-11-8-12-20(15-18)33-27(32)17-9-6-5-7-10-17/h5-12,15,19,24,30H,4,13-14,16H2,1-3H3,(H,29,31)/t19-,24+/m1/s1. The Morgan fingerprint density at radius 3 is 2.68 bits per heavy atom. The van der Waals surface area contributed by atoms with E-state index in [4.69, 9.17) is 4.74 Å². The van der Waals surface area contributed by atoms with Crippen LogP contribution in [0.1, 0.15) is 76.5 Å². The number of carbonyl (C=O) groups is 2. The van der Waals surface area contributed by atoms with E-state index in [2.05, 4.69) is 31.4 Å². The molecule has 1 amide bonds. The Kier molecular flexibility index (Phi) is 5.94. The molecule has 0 radical (unpaired) electrons. The molecular formula is C28H30N2O3S. The van der Waals surface area contributed by atoms with Gasteiger partial charge in [-0.2, -0.15) is 0 Å². The maximum absolute atomic E-state index is 13.2. The molecule has 2 N–H and O–H groups in total. The Hall–Kier alpha value is -3.12. The summed E-state index contributed by atoms with van der Waals surface area (Å²) in [7, 11) is 0. The third-order valence-corrected chi connectivity index (χ3v) is 8.66. The minimum Gasteiger partial charge on any atom is -0.423 e. The first-order valence-electron chi connectivity index (χ1n) is 11.9. The Balaban J connectivity index is 1.35. The van der Waals surface area contributed by atoms with Crippen LogP contribution in [0.3, 0.4) is 0 Å². The van der Waals surface area contributed by atoms with Gasteiger partial charge in [-0.05, 0) is 66.0 Å². The van der Waals surface area contributed by atoms with E-state index in [9.17, 15) is 9.59 Å². The molecule has 0 unspecified atom stereocenters. The Morgan fingerprint density at radius 1 is 1.12 bits per heavy atom. The lowest BCUT2D eigenvalue weighted by Crippen LogP contribution is -2.38. The smallest absolute Gasteiger partial charge is 0.343 e. The third-order valence-electron chi connectivity index (χ3n) is 7.47. The lowest BCUT2D eigenvalue weighted by atomic mass is 9.69. The van der Waals surface area contributed by atoms with Crippen LogP contribution in [0.15, 0.2) is 54.6 Å². The number of anilines is 1. The van der Waals surface area contributed by atoms with E-state index >= 15 is 0 Å². The normalized spacial score (nSPS) is 19.4. The number of rotatable bonds is 5. The van der Waals surface area contributed by atoms with E-state index in [1.54, 1.807) is 47.7 Å². The minimum atomic E-state index is -0.406. The van der Waals surface area contributed by atoms with Crippen molar-refractivity contribution in [2.45, 2.75) is 52.6 Å². The minimum absolute atomic E-state index is 0.0314. The van der Waals surface area contributed by atoms with Crippen LogP contribution in [0.4, 0.5) is 5.00 Å². The van der Waals surface area contributed by atoms with E-state index in [1.165, 1.54) is 10.4 Å². The number of amides is 1. The summed E-state index contributed by atoms with van der Waals surface area (Å²) in [5.74, 6) is 0.649. The molecule has 1 aliphatic heterocycles. The molecule has 1 aromatic heterocycles. The zero-order chi connectivity index (χ0) is 23.9. The lowest BCUT2D eigenvalue weighted by Gasteiger charge is -2.36. The maximum atomic E-state index is 13.2. The lowest BCUT2D eigenvalue weighted by molar-refractivity contribution is 0.0734. The predicted molar refractivity (Wildman–Crippen MR) is 136 cm³/mol. The van der Waals surface area contributed by atoms with E-state index in [0.29, 0.717) is 22.6 Å². The van der Waals surface area contributed by atoms with Crippen molar-refractivity contribution in [1.82, 2.24) is 5.32 Å². The first-order valence-corrected chi connectivity index (χ1v) is 12.8. The molecule has 0 saturated heterocycles. The predicted octanol–water partition coefficient (Wildman–Crippen LogP) is 6.36. The molecule has 34 heavy (non-hydrogen) atoms. The van der Waals surface area contributed by atoms with Gasteiger partial charge >= 0.3 is 5.97 Å².